The maximum absolute atomic E-state index is 12.6. The van der Waals surface area contributed by atoms with Gasteiger partial charge in [0.2, 0.25) is 17.7 Å². The van der Waals surface area contributed by atoms with Crippen LogP contribution in [0, 0.1) is 6.92 Å². The summed E-state index contributed by atoms with van der Waals surface area (Å²) in [5.41, 5.74) is 1.90. The molecule has 4 rings (SSSR count). The second-order valence-corrected chi connectivity index (χ2v) is 8.04. The Morgan fingerprint density at radius 2 is 1.60 bits per heavy atom. The lowest BCUT2D eigenvalue weighted by atomic mass is 10.1. The van der Waals surface area contributed by atoms with Crippen molar-refractivity contribution in [3.63, 3.8) is 0 Å². The zero-order chi connectivity index (χ0) is 20.8. The summed E-state index contributed by atoms with van der Waals surface area (Å²) in [7, 11) is 0. The van der Waals surface area contributed by atoms with E-state index in [1.807, 2.05) is 42.2 Å². The number of hydrogen-bond donors (Lipinski definition) is 1. The molecule has 160 valence electrons. The van der Waals surface area contributed by atoms with E-state index >= 15 is 0 Å². The number of amides is 1. The fraction of sp³-hybridized carbons (Fsp3) is 0.522. The molecule has 2 aliphatic heterocycles. The van der Waals surface area contributed by atoms with Gasteiger partial charge in [0.1, 0.15) is 18.5 Å². The van der Waals surface area contributed by atoms with Crippen molar-refractivity contribution in [3.05, 3.63) is 47.8 Å². The Kier molecular flexibility index (Phi) is 6.79. The van der Waals surface area contributed by atoms with Crippen molar-refractivity contribution >= 4 is 5.91 Å². The second kappa shape index (κ2) is 9.89. The van der Waals surface area contributed by atoms with Gasteiger partial charge in [-0.2, -0.15) is 0 Å². The van der Waals surface area contributed by atoms with Gasteiger partial charge in [-0.05, 0) is 38.4 Å². The minimum Gasteiger partial charge on any atom is -0.474 e. The van der Waals surface area contributed by atoms with Crippen molar-refractivity contribution in [1.29, 1.82) is 0 Å². The SMILES string of the molecule is Cc1c(OC2CCNCC2)ncnc1OC1CCN(C(=O)Cc2ccccc2)CC1. The summed E-state index contributed by atoms with van der Waals surface area (Å²) in [6.07, 6.45) is 5.76. The molecule has 2 aliphatic rings. The number of rotatable bonds is 6. The summed E-state index contributed by atoms with van der Waals surface area (Å²) < 4.78 is 12.3. The Hall–Kier alpha value is -2.67. The Labute approximate surface area is 177 Å². The number of hydrogen-bond acceptors (Lipinski definition) is 6. The maximum Gasteiger partial charge on any atom is 0.226 e. The average molecular weight is 411 g/mol. The third-order valence-corrected chi connectivity index (χ3v) is 5.83. The second-order valence-electron chi connectivity index (χ2n) is 8.04. The van der Waals surface area contributed by atoms with Gasteiger partial charge in [0.15, 0.2) is 0 Å². The number of aromatic nitrogens is 2. The molecule has 1 amide bonds. The first-order valence-electron chi connectivity index (χ1n) is 10.9. The summed E-state index contributed by atoms with van der Waals surface area (Å²) in [4.78, 5) is 23.1. The van der Waals surface area contributed by atoms with Gasteiger partial charge in [0, 0.05) is 25.9 Å². The quantitative estimate of drug-likeness (QED) is 0.789. The minimum atomic E-state index is 0.0473. The molecule has 7 heteroatoms. The highest BCUT2D eigenvalue weighted by atomic mass is 16.5. The topological polar surface area (TPSA) is 76.6 Å². The lowest BCUT2D eigenvalue weighted by Gasteiger charge is -2.32. The van der Waals surface area contributed by atoms with Gasteiger partial charge in [-0.25, -0.2) is 9.97 Å². The van der Waals surface area contributed by atoms with Gasteiger partial charge in [0.25, 0.3) is 0 Å². The maximum atomic E-state index is 12.6. The van der Waals surface area contributed by atoms with Crippen molar-refractivity contribution in [2.75, 3.05) is 26.2 Å². The fourth-order valence-electron chi connectivity index (χ4n) is 3.99. The average Bonchev–Trinajstić information content (AvgIpc) is 2.78. The van der Waals surface area contributed by atoms with E-state index in [-0.39, 0.29) is 18.1 Å². The Balaban J connectivity index is 1.29. The summed E-state index contributed by atoms with van der Waals surface area (Å²) in [5.74, 6) is 1.38. The number of ether oxygens (including phenoxy) is 2. The lowest BCUT2D eigenvalue weighted by Crippen LogP contribution is -2.42. The highest BCUT2D eigenvalue weighted by Gasteiger charge is 2.25. The molecule has 0 unspecified atom stereocenters. The number of benzene rings is 1. The van der Waals surface area contributed by atoms with Crippen LogP contribution in [0.3, 0.4) is 0 Å². The van der Waals surface area contributed by atoms with Crippen molar-refractivity contribution in [1.82, 2.24) is 20.2 Å². The zero-order valence-corrected chi connectivity index (χ0v) is 17.5. The molecule has 0 aliphatic carbocycles. The van der Waals surface area contributed by atoms with Gasteiger partial charge >= 0.3 is 0 Å². The Morgan fingerprint density at radius 1 is 1.00 bits per heavy atom. The Bertz CT molecular complexity index is 832. The van der Waals surface area contributed by atoms with E-state index in [9.17, 15) is 4.79 Å². The standard InChI is InChI=1S/C23H30N4O3/c1-17-22(29-19-7-11-24-12-8-19)25-16-26-23(17)30-20-9-13-27(14-10-20)21(28)15-18-5-3-2-4-6-18/h2-6,16,19-20,24H,7-15H2,1H3. The molecule has 2 fully saturated rings. The fourth-order valence-corrected chi connectivity index (χ4v) is 3.99. The molecule has 2 aromatic rings. The van der Waals surface area contributed by atoms with Crippen LogP contribution in [0.4, 0.5) is 0 Å². The van der Waals surface area contributed by atoms with E-state index in [4.69, 9.17) is 9.47 Å². The first-order valence-corrected chi connectivity index (χ1v) is 10.9. The van der Waals surface area contributed by atoms with Crippen LogP contribution in [0.2, 0.25) is 0 Å². The highest BCUT2D eigenvalue weighted by Crippen LogP contribution is 2.27. The van der Waals surface area contributed by atoms with Crippen molar-refractivity contribution < 1.29 is 14.3 Å². The van der Waals surface area contributed by atoms with E-state index in [1.165, 1.54) is 6.33 Å². The van der Waals surface area contributed by atoms with Crippen molar-refractivity contribution in [2.45, 2.75) is 51.2 Å². The van der Waals surface area contributed by atoms with Crippen LogP contribution >= 0.6 is 0 Å². The summed E-state index contributed by atoms with van der Waals surface area (Å²) in [5, 5.41) is 3.34. The molecule has 1 N–H and O–H groups in total. The molecule has 0 radical (unpaired) electrons. The first kappa shape index (κ1) is 20.6. The molecular weight excluding hydrogens is 380 g/mol. The number of carbonyl (C=O) groups is 1. The van der Waals surface area contributed by atoms with Crippen LogP contribution in [0.25, 0.3) is 0 Å². The molecule has 0 atom stereocenters. The van der Waals surface area contributed by atoms with Crippen molar-refractivity contribution in [3.8, 4) is 11.8 Å². The molecule has 3 heterocycles. The molecule has 1 aromatic heterocycles. The predicted molar refractivity (Wildman–Crippen MR) is 114 cm³/mol. The normalized spacial score (nSPS) is 18.2. The lowest BCUT2D eigenvalue weighted by molar-refractivity contribution is -0.132. The van der Waals surface area contributed by atoms with Crippen LogP contribution in [0.15, 0.2) is 36.7 Å². The zero-order valence-electron chi connectivity index (χ0n) is 17.5. The molecule has 30 heavy (non-hydrogen) atoms. The number of likely N-dealkylation sites (tertiary alicyclic amines) is 1. The van der Waals surface area contributed by atoms with Crippen LogP contribution in [0.1, 0.15) is 36.8 Å². The smallest absolute Gasteiger partial charge is 0.226 e. The van der Waals surface area contributed by atoms with Crippen molar-refractivity contribution in [2.24, 2.45) is 0 Å². The van der Waals surface area contributed by atoms with Gasteiger partial charge in [-0.15, -0.1) is 0 Å². The number of nitrogens with zero attached hydrogens (tertiary/aromatic N) is 3. The predicted octanol–water partition coefficient (Wildman–Crippen LogP) is 2.53. The van der Waals surface area contributed by atoms with E-state index in [0.29, 0.717) is 31.3 Å². The highest BCUT2D eigenvalue weighted by molar-refractivity contribution is 5.78. The number of carbonyl (C=O) groups excluding carboxylic acids is 1. The minimum absolute atomic E-state index is 0.0473. The van der Waals surface area contributed by atoms with E-state index in [2.05, 4.69) is 15.3 Å². The molecule has 0 saturated carbocycles. The van der Waals surface area contributed by atoms with Gasteiger partial charge < -0.3 is 19.7 Å². The third-order valence-electron chi connectivity index (χ3n) is 5.83. The van der Waals surface area contributed by atoms with E-state index in [0.717, 1.165) is 49.9 Å². The van der Waals surface area contributed by atoms with Gasteiger partial charge in [0.05, 0.1) is 12.0 Å². The number of nitrogens with one attached hydrogen (secondary N) is 1. The Morgan fingerprint density at radius 3 is 2.23 bits per heavy atom. The van der Waals surface area contributed by atoms with Gasteiger partial charge in [-0.1, -0.05) is 30.3 Å². The van der Waals surface area contributed by atoms with Crippen LogP contribution < -0.4 is 14.8 Å². The third kappa shape index (κ3) is 5.27. The van der Waals surface area contributed by atoms with E-state index < -0.39 is 0 Å². The molecule has 0 bridgehead atoms. The molecular formula is C23H30N4O3. The molecule has 0 spiro atoms. The van der Waals surface area contributed by atoms with Crippen LogP contribution in [-0.4, -0.2) is 59.2 Å². The molecule has 1 aromatic carbocycles. The van der Waals surface area contributed by atoms with E-state index in [1.54, 1.807) is 0 Å². The molecule has 2 saturated heterocycles. The summed E-state index contributed by atoms with van der Waals surface area (Å²) in [6.45, 7) is 5.31. The summed E-state index contributed by atoms with van der Waals surface area (Å²) >= 11 is 0. The van der Waals surface area contributed by atoms with Crippen LogP contribution in [0.5, 0.6) is 11.8 Å². The van der Waals surface area contributed by atoms with Gasteiger partial charge in [-0.3, -0.25) is 4.79 Å². The first-order chi connectivity index (χ1) is 14.7. The molecule has 7 nitrogen and oxygen atoms in total. The summed E-state index contributed by atoms with van der Waals surface area (Å²) in [6, 6.07) is 9.89. The van der Waals surface area contributed by atoms with Crippen LogP contribution in [-0.2, 0) is 11.2 Å². The largest absolute Gasteiger partial charge is 0.474 e. The monoisotopic (exact) mass is 410 g/mol. The number of piperidine rings is 2.